The van der Waals surface area contributed by atoms with Crippen LogP contribution in [-0.4, -0.2) is 58.8 Å². The Balaban J connectivity index is 1.48. The van der Waals surface area contributed by atoms with E-state index in [0.717, 1.165) is 11.1 Å². The molecule has 2 aromatic rings. The highest BCUT2D eigenvalue weighted by Gasteiger charge is 2.35. The molecule has 0 aliphatic carbocycles. The molecule has 0 N–H and O–H groups in total. The molecule has 1 atom stereocenters. The molecule has 3 heterocycles. The molecule has 0 bridgehead atoms. The van der Waals surface area contributed by atoms with E-state index in [4.69, 9.17) is 14.2 Å². The Hall–Kier alpha value is -2.39. The number of carbonyl (C=O) groups is 1. The van der Waals surface area contributed by atoms with Crippen LogP contribution in [0.2, 0.25) is 0 Å². The number of nitrogens with zero attached hydrogens (tertiary/aromatic N) is 3. The number of aromatic nitrogens is 1. The standard InChI is InChI=1S/C23H27BrFN3O4/c1-23(2,3)32-22(29)28-9-8-27-11-16-10-18(30-13-15-4-6-26-7-5-15)19(24)20(25)21(16)31-14-17(27)12-28/h4-7,10,17H,8-9,11-14H2,1-3H3/t17-/m1/s1. The minimum absolute atomic E-state index is 0.0527. The number of hydrogen-bond donors (Lipinski definition) is 0. The number of rotatable bonds is 3. The van der Waals surface area contributed by atoms with Crippen LogP contribution in [0.5, 0.6) is 11.5 Å². The molecule has 2 aliphatic rings. The summed E-state index contributed by atoms with van der Waals surface area (Å²) in [6.07, 6.45) is 3.05. The molecule has 4 rings (SSSR count). The number of halogens is 2. The van der Waals surface area contributed by atoms with Crippen LogP contribution < -0.4 is 9.47 Å². The first-order valence-corrected chi connectivity index (χ1v) is 11.4. The van der Waals surface area contributed by atoms with Gasteiger partial charge in [-0.1, -0.05) is 0 Å². The largest absolute Gasteiger partial charge is 0.488 e. The third-order valence-electron chi connectivity index (χ3n) is 5.40. The summed E-state index contributed by atoms with van der Waals surface area (Å²) in [6, 6.07) is 5.48. The molecule has 0 spiro atoms. The van der Waals surface area contributed by atoms with Crippen molar-refractivity contribution in [3.8, 4) is 11.5 Å². The average molecular weight is 508 g/mol. The van der Waals surface area contributed by atoms with Crippen molar-refractivity contribution in [2.45, 2.75) is 45.6 Å². The van der Waals surface area contributed by atoms with Gasteiger partial charge in [0.1, 0.15) is 24.6 Å². The summed E-state index contributed by atoms with van der Waals surface area (Å²) in [5.74, 6) is 0.176. The van der Waals surface area contributed by atoms with E-state index in [1.165, 1.54) is 0 Å². The van der Waals surface area contributed by atoms with Crippen molar-refractivity contribution in [2.24, 2.45) is 0 Å². The predicted octanol–water partition coefficient (Wildman–Crippen LogP) is 4.38. The van der Waals surface area contributed by atoms with Crippen molar-refractivity contribution in [3.63, 3.8) is 0 Å². The highest BCUT2D eigenvalue weighted by atomic mass is 79.9. The Morgan fingerprint density at radius 2 is 2.06 bits per heavy atom. The van der Waals surface area contributed by atoms with E-state index in [0.29, 0.717) is 38.5 Å². The van der Waals surface area contributed by atoms with Crippen molar-refractivity contribution >= 4 is 22.0 Å². The fraction of sp³-hybridized carbons (Fsp3) is 0.478. The van der Waals surface area contributed by atoms with Gasteiger partial charge >= 0.3 is 6.09 Å². The third-order valence-corrected chi connectivity index (χ3v) is 6.14. The lowest BCUT2D eigenvalue weighted by atomic mass is 10.1. The van der Waals surface area contributed by atoms with Crippen LogP contribution in [-0.2, 0) is 17.9 Å². The fourth-order valence-corrected chi connectivity index (χ4v) is 4.21. The van der Waals surface area contributed by atoms with Crippen LogP contribution in [0, 0.1) is 5.82 Å². The predicted molar refractivity (Wildman–Crippen MR) is 120 cm³/mol. The first-order chi connectivity index (χ1) is 15.2. The Bertz CT molecular complexity index is 983. The van der Waals surface area contributed by atoms with Gasteiger partial charge in [0.15, 0.2) is 11.6 Å². The topological polar surface area (TPSA) is 64.1 Å². The molecule has 1 amide bonds. The summed E-state index contributed by atoms with van der Waals surface area (Å²) < 4.78 is 32.7. The molecule has 0 radical (unpaired) electrons. The molecule has 1 fully saturated rings. The van der Waals surface area contributed by atoms with Crippen LogP contribution in [0.25, 0.3) is 0 Å². The zero-order valence-corrected chi connectivity index (χ0v) is 20.0. The van der Waals surface area contributed by atoms with Gasteiger partial charge in [-0.2, -0.15) is 0 Å². The number of pyridine rings is 1. The lowest BCUT2D eigenvalue weighted by molar-refractivity contribution is -0.00164. The maximum atomic E-state index is 15.2. The van der Waals surface area contributed by atoms with E-state index in [-0.39, 0.29) is 29.0 Å². The van der Waals surface area contributed by atoms with Gasteiger partial charge in [-0.25, -0.2) is 9.18 Å². The van der Waals surface area contributed by atoms with Gasteiger partial charge in [0, 0.05) is 44.1 Å². The Morgan fingerprint density at radius 1 is 1.31 bits per heavy atom. The van der Waals surface area contributed by atoms with Crippen molar-refractivity contribution < 1.29 is 23.4 Å². The number of piperazine rings is 1. The average Bonchev–Trinajstić information content (AvgIpc) is 2.93. The van der Waals surface area contributed by atoms with Gasteiger partial charge < -0.3 is 19.1 Å². The number of fused-ring (bicyclic) bond motifs is 2. The molecular formula is C23H27BrFN3O4. The highest BCUT2D eigenvalue weighted by molar-refractivity contribution is 9.10. The molecule has 32 heavy (non-hydrogen) atoms. The van der Waals surface area contributed by atoms with E-state index in [2.05, 4.69) is 25.8 Å². The SMILES string of the molecule is CC(C)(C)OC(=O)N1CCN2Cc3cc(OCc4ccncc4)c(Br)c(F)c3OC[C@H]2C1. The minimum Gasteiger partial charge on any atom is -0.488 e. The van der Waals surface area contributed by atoms with E-state index < -0.39 is 11.4 Å². The quantitative estimate of drug-likeness (QED) is 0.614. The number of hydrogen-bond acceptors (Lipinski definition) is 6. The second-order valence-corrected chi connectivity index (χ2v) is 9.79. The molecule has 1 aromatic heterocycles. The van der Waals surface area contributed by atoms with Crippen LogP contribution >= 0.6 is 15.9 Å². The molecule has 1 saturated heterocycles. The van der Waals surface area contributed by atoms with Gasteiger partial charge in [0.2, 0.25) is 0 Å². The Labute approximate surface area is 195 Å². The summed E-state index contributed by atoms with van der Waals surface area (Å²) >= 11 is 3.32. The Morgan fingerprint density at radius 3 is 2.78 bits per heavy atom. The van der Waals surface area contributed by atoms with Gasteiger partial charge in [-0.05, 0) is 60.5 Å². The monoisotopic (exact) mass is 507 g/mol. The molecule has 7 nitrogen and oxygen atoms in total. The molecule has 1 aromatic carbocycles. The molecule has 2 aliphatic heterocycles. The smallest absolute Gasteiger partial charge is 0.410 e. The van der Waals surface area contributed by atoms with E-state index in [1.807, 2.05) is 39.0 Å². The first-order valence-electron chi connectivity index (χ1n) is 10.6. The number of amides is 1. The van der Waals surface area contributed by atoms with E-state index in [1.54, 1.807) is 17.3 Å². The van der Waals surface area contributed by atoms with Gasteiger partial charge in [-0.3, -0.25) is 9.88 Å². The molecular weight excluding hydrogens is 481 g/mol. The van der Waals surface area contributed by atoms with Crippen molar-refractivity contribution in [2.75, 3.05) is 26.2 Å². The molecule has 0 unspecified atom stereocenters. The van der Waals surface area contributed by atoms with Crippen molar-refractivity contribution in [3.05, 3.63) is 52.0 Å². The molecule has 9 heteroatoms. The lowest BCUT2D eigenvalue weighted by Crippen LogP contribution is -2.56. The third kappa shape index (κ3) is 5.15. The fourth-order valence-electron chi connectivity index (χ4n) is 3.80. The zero-order chi connectivity index (χ0) is 22.9. The maximum absolute atomic E-state index is 15.2. The molecule has 0 saturated carbocycles. The Kier molecular flexibility index (Phi) is 6.57. The summed E-state index contributed by atoms with van der Waals surface area (Å²) in [6.45, 7) is 8.31. The van der Waals surface area contributed by atoms with Gasteiger partial charge in [0.25, 0.3) is 0 Å². The highest BCUT2D eigenvalue weighted by Crippen LogP contribution is 2.39. The zero-order valence-electron chi connectivity index (χ0n) is 18.4. The van der Waals surface area contributed by atoms with Gasteiger partial charge in [0.05, 0.1) is 10.5 Å². The van der Waals surface area contributed by atoms with Gasteiger partial charge in [-0.15, -0.1) is 0 Å². The minimum atomic E-state index is -0.549. The summed E-state index contributed by atoms with van der Waals surface area (Å²) in [5.41, 5.74) is 1.12. The van der Waals surface area contributed by atoms with Crippen LogP contribution in [0.1, 0.15) is 31.9 Å². The number of ether oxygens (including phenoxy) is 3. The van der Waals surface area contributed by atoms with Crippen molar-refractivity contribution in [1.82, 2.24) is 14.8 Å². The maximum Gasteiger partial charge on any atom is 0.410 e. The second kappa shape index (κ2) is 9.23. The van der Waals surface area contributed by atoms with E-state index in [9.17, 15) is 4.79 Å². The van der Waals surface area contributed by atoms with Crippen molar-refractivity contribution in [1.29, 1.82) is 0 Å². The second-order valence-electron chi connectivity index (χ2n) is 9.00. The van der Waals surface area contributed by atoms with Crippen LogP contribution in [0.3, 0.4) is 0 Å². The summed E-state index contributed by atoms with van der Waals surface area (Å²) in [4.78, 5) is 20.4. The molecule has 172 valence electrons. The number of carbonyl (C=O) groups excluding carboxylic acids is 1. The summed E-state index contributed by atoms with van der Waals surface area (Å²) in [7, 11) is 0. The summed E-state index contributed by atoms with van der Waals surface area (Å²) in [5, 5.41) is 0. The number of benzene rings is 1. The lowest BCUT2D eigenvalue weighted by Gasteiger charge is -2.40. The van der Waals surface area contributed by atoms with Crippen LogP contribution in [0.4, 0.5) is 9.18 Å². The first kappa shape index (κ1) is 22.8. The van der Waals surface area contributed by atoms with E-state index >= 15 is 4.39 Å². The normalized spacial score (nSPS) is 18.8. The van der Waals surface area contributed by atoms with Crippen LogP contribution in [0.15, 0.2) is 35.1 Å².